The van der Waals surface area contributed by atoms with Gasteiger partial charge in [0.2, 0.25) is 0 Å². The Morgan fingerprint density at radius 2 is 1.76 bits per heavy atom. The lowest BCUT2D eigenvalue weighted by atomic mass is 9.89. The number of nitrogens with one attached hydrogen (secondary N) is 1. The summed E-state index contributed by atoms with van der Waals surface area (Å²) < 4.78 is 23.0. The number of aliphatic carboxylic acids is 1. The predicted octanol–water partition coefficient (Wildman–Crippen LogP) is 0.295. The van der Waals surface area contributed by atoms with Gasteiger partial charge in [0.1, 0.15) is 5.54 Å². The van der Waals surface area contributed by atoms with E-state index in [1.165, 1.54) is 12.1 Å². The summed E-state index contributed by atoms with van der Waals surface area (Å²) in [5, 5.41) is 12.9. The Hall–Kier alpha value is -1.44. The summed E-state index contributed by atoms with van der Waals surface area (Å²) in [5.74, 6) is -0.934. The zero-order valence-corrected chi connectivity index (χ0v) is 13.0. The van der Waals surface area contributed by atoms with Crippen LogP contribution in [0.4, 0.5) is 0 Å². The molecule has 1 saturated heterocycles. The molecule has 0 aromatic heterocycles. The van der Waals surface area contributed by atoms with Crippen molar-refractivity contribution in [2.45, 2.75) is 17.4 Å². The zero-order chi connectivity index (χ0) is 15.7. The van der Waals surface area contributed by atoms with Gasteiger partial charge in [-0.1, -0.05) is 12.1 Å². The van der Waals surface area contributed by atoms with Gasteiger partial charge in [-0.05, 0) is 24.6 Å². The molecule has 116 valence electrons. The molecule has 0 saturated carbocycles. The molecule has 2 N–H and O–H groups in total. The molecule has 1 aliphatic heterocycles. The van der Waals surface area contributed by atoms with E-state index in [-0.39, 0.29) is 4.90 Å². The van der Waals surface area contributed by atoms with Gasteiger partial charge in [0.05, 0.1) is 4.90 Å². The highest BCUT2D eigenvalue weighted by atomic mass is 32.2. The van der Waals surface area contributed by atoms with Crippen LogP contribution >= 0.6 is 0 Å². The second-order valence-corrected chi connectivity index (χ2v) is 7.43. The lowest BCUT2D eigenvalue weighted by molar-refractivity contribution is -0.151. The van der Waals surface area contributed by atoms with E-state index in [0.29, 0.717) is 18.7 Å². The van der Waals surface area contributed by atoms with Gasteiger partial charge < -0.3 is 10.4 Å². The third-order valence-corrected chi connectivity index (χ3v) is 5.14. The fraction of sp³-hybridized carbons (Fsp3) is 0.500. The van der Waals surface area contributed by atoms with Crippen molar-refractivity contribution in [2.24, 2.45) is 0 Å². The minimum Gasteiger partial charge on any atom is -0.480 e. The molecule has 1 aromatic carbocycles. The predicted molar refractivity (Wildman–Crippen MR) is 79.0 cm³/mol. The molecule has 1 aliphatic rings. The molecule has 0 radical (unpaired) electrons. The van der Waals surface area contributed by atoms with Crippen molar-refractivity contribution in [1.82, 2.24) is 10.2 Å². The average Bonchev–Trinajstić information content (AvgIpc) is 2.46. The third kappa shape index (κ3) is 3.09. The highest BCUT2D eigenvalue weighted by Crippen LogP contribution is 2.30. The Kier molecular flexibility index (Phi) is 4.36. The van der Waals surface area contributed by atoms with Gasteiger partial charge >= 0.3 is 5.97 Å². The monoisotopic (exact) mass is 312 g/mol. The van der Waals surface area contributed by atoms with E-state index >= 15 is 0 Å². The maximum atomic E-state index is 11.8. The lowest BCUT2D eigenvalue weighted by Crippen LogP contribution is -2.56. The second-order valence-electron chi connectivity index (χ2n) is 5.41. The molecule has 1 unspecified atom stereocenters. The number of sulfone groups is 1. The van der Waals surface area contributed by atoms with Crippen molar-refractivity contribution in [3.63, 3.8) is 0 Å². The molecule has 0 bridgehead atoms. The van der Waals surface area contributed by atoms with Crippen LogP contribution in [0.15, 0.2) is 29.2 Å². The average molecular weight is 312 g/mol. The fourth-order valence-corrected chi connectivity index (χ4v) is 3.21. The van der Waals surface area contributed by atoms with Gasteiger partial charge in [-0.25, -0.2) is 13.2 Å². The fourth-order valence-electron chi connectivity index (χ4n) is 2.58. The molecule has 1 atom stereocenters. The number of piperazine rings is 1. The normalized spacial score (nSPS) is 19.9. The topological polar surface area (TPSA) is 86.7 Å². The first-order valence-electron chi connectivity index (χ1n) is 6.76. The number of carboxylic acid groups (broad SMARTS) is 1. The van der Waals surface area contributed by atoms with E-state index < -0.39 is 21.3 Å². The number of carboxylic acids is 1. The molecule has 7 heteroatoms. The minimum absolute atomic E-state index is 0.194. The lowest BCUT2D eigenvalue weighted by Gasteiger charge is -2.40. The molecule has 21 heavy (non-hydrogen) atoms. The Bertz CT molecular complexity index is 621. The van der Waals surface area contributed by atoms with Gasteiger partial charge in [-0.15, -0.1) is 0 Å². The van der Waals surface area contributed by atoms with Crippen LogP contribution in [-0.2, 0) is 20.2 Å². The van der Waals surface area contributed by atoms with E-state index in [0.717, 1.165) is 19.3 Å². The van der Waals surface area contributed by atoms with Crippen LogP contribution in [0.1, 0.15) is 12.5 Å². The Morgan fingerprint density at radius 3 is 2.19 bits per heavy atom. The van der Waals surface area contributed by atoms with Gasteiger partial charge in [0.25, 0.3) is 0 Å². The summed E-state index contributed by atoms with van der Waals surface area (Å²) in [6.45, 7) is 4.41. The zero-order valence-electron chi connectivity index (χ0n) is 12.2. The van der Waals surface area contributed by atoms with Crippen molar-refractivity contribution < 1.29 is 18.3 Å². The summed E-state index contributed by atoms with van der Waals surface area (Å²) in [6, 6.07) is 6.11. The largest absolute Gasteiger partial charge is 0.480 e. The quantitative estimate of drug-likeness (QED) is 0.831. The smallest absolute Gasteiger partial charge is 0.328 e. The molecule has 0 amide bonds. The van der Waals surface area contributed by atoms with Crippen LogP contribution in [0.3, 0.4) is 0 Å². The van der Waals surface area contributed by atoms with Crippen molar-refractivity contribution in [1.29, 1.82) is 0 Å². The summed E-state index contributed by atoms with van der Waals surface area (Å²) in [5.41, 5.74) is -0.567. The molecule has 6 nitrogen and oxygen atoms in total. The van der Waals surface area contributed by atoms with Gasteiger partial charge in [0.15, 0.2) is 9.84 Å². The standard InChI is InChI=1S/C14H20N2O4S/c1-14(13(17)18,16-9-7-15-8-10-16)11-3-5-12(6-4-11)21(2,19)20/h3-6,15H,7-10H2,1-2H3,(H,17,18). The number of nitrogens with zero attached hydrogens (tertiary/aromatic N) is 1. The van der Waals surface area contributed by atoms with Gasteiger partial charge in [-0.2, -0.15) is 0 Å². The SMILES string of the molecule is CC(C(=O)O)(c1ccc(S(C)(=O)=O)cc1)N1CCNCC1. The van der Waals surface area contributed by atoms with Crippen LogP contribution in [-0.4, -0.2) is 56.8 Å². The summed E-state index contributed by atoms with van der Waals surface area (Å²) in [4.78, 5) is 13.9. The van der Waals surface area contributed by atoms with Crippen LogP contribution in [0.5, 0.6) is 0 Å². The van der Waals surface area contributed by atoms with Crippen molar-refractivity contribution >= 4 is 15.8 Å². The van der Waals surface area contributed by atoms with Crippen molar-refractivity contribution in [2.75, 3.05) is 32.4 Å². The number of benzene rings is 1. The van der Waals surface area contributed by atoms with E-state index in [4.69, 9.17) is 0 Å². The van der Waals surface area contributed by atoms with Crippen LogP contribution in [0.25, 0.3) is 0 Å². The summed E-state index contributed by atoms with van der Waals surface area (Å²) in [6.07, 6.45) is 1.13. The molecule has 2 rings (SSSR count). The molecule has 0 aliphatic carbocycles. The Labute approximate surface area is 124 Å². The van der Waals surface area contributed by atoms with Gasteiger partial charge in [-0.3, -0.25) is 4.90 Å². The maximum absolute atomic E-state index is 11.8. The van der Waals surface area contributed by atoms with E-state index in [9.17, 15) is 18.3 Å². The first kappa shape index (κ1) is 15.9. The summed E-state index contributed by atoms with van der Waals surface area (Å²) in [7, 11) is -3.28. The number of hydrogen-bond acceptors (Lipinski definition) is 5. The Morgan fingerprint density at radius 1 is 1.24 bits per heavy atom. The van der Waals surface area contributed by atoms with Crippen LogP contribution in [0, 0.1) is 0 Å². The number of hydrogen-bond donors (Lipinski definition) is 2. The molecular formula is C14H20N2O4S. The molecule has 1 heterocycles. The molecule has 1 aromatic rings. The number of carbonyl (C=O) groups is 1. The van der Waals surface area contributed by atoms with E-state index in [1.807, 2.05) is 4.90 Å². The van der Waals surface area contributed by atoms with Gasteiger partial charge in [0, 0.05) is 32.4 Å². The first-order chi connectivity index (χ1) is 9.76. The van der Waals surface area contributed by atoms with Crippen LogP contribution in [0.2, 0.25) is 0 Å². The van der Waals surface area contributed by atoms with E-state index in [1.54, 1.807) is 19.1 Å². The number of rotatable bonds is 4. The molecule has 0 spiro atoms. The first-order valence-corrected chi connectivity index (χ1v) is 8.65. The van der Waals surface area contributed by atoms with Crippen LogP contribution < -0.4 is 5.32 Å². The van der Waals surface area contributed by atoms with Crippen molar-refractivity contribution in [3.8, 4) is 0 Å². The molecule has 1 fully saturated rings. The maximum Gasteiger partial charge on any atom is 0.328 e. The summed E-state index contributed by atoms with van der Waals surface area (Å²) >= 11 is 0. The highest BCUT2D eigenvalue weighted by Gasteiger charge is 2.41. The minimum atomic E-state index is -3.28. The Balaban J connectivity index is 2.40. The molecular weight excluding hydrogens is 292 g/mol. The van der Waals surface area contributed by atoms with E-state index in [2.05, 4.69) is 5.32 Å². The second kappa shape index (κ2) is 5.75. The highest BCUT2D eigenvalue weighted by molar-refractivity contribution is 7.90. The van der Waals surface area contributed by atoms with Crippen molar-refractivity contribution in [3.05, 3.63) is 29.8 Å². The third-order valence-electron chi connectivity index (χ3n) is 4.01.